The molecule has 1 aromatic rings. The first-order valence-electron chi connectivity index (χ1n) is 10.6. The summed E-state index contributed by atoms with van der Waals surface area (Å²) in [6.07, 6.45) is 0.220. The van der Waals surface area contributed by atoms with Crippen LogP contribution in [0.3, 0.4) is 0 Å². The van der Waals surface area contributed by atoms with Crippen molar-refractivity contribution in [1.82, 2.24) is 0 Å². The molecule has 10 heteroatoms. The highest BCUT2D eigenvalue weighted by Gasteiger charge is 2.77. The van der Waals surface area contributed by atoms with E-state index in [1.165, 1.54) is 25.3 Å². The summed E-state index contributed by atoms with van der Waals surface area (Å²) in [5.41, 5.74) is -1.84. The summed E-state index contributed by atoms with van der Waals surface area (Å²) < 4.78 is 34.9. The second-order valence-corrected chi connectivity index (χ2v) is 8.89. The lowest BCUT2D eigenvalue weighted by atomic mass is 9.64. The normalized spacial score (nSPS) is 32.2. The third-order valence-corrected chi connectivity index (χ3v) is 6.95. The largest absolute Gasteiger partial charge is 0.438 e. The van der Waals surface area contributed by atoms with Crippen molar-refractivity contribution < 1.29 is 37.7 Å². The predicted molar refractivity (Wildman–Crippen MR) is 110 cm³/mol. The Morgan fingerprint density at radius 1 is 1.27 bits per heavy atom. The summed E-state index contributed by atoms with van der Waals surface area (Å²) in [4.78, 5) is 40.6. The van der Waals surface area contributed by atoms with Gasteiger partial charge in [-0.05, 0) is 38.5 Å². The summed E-state index contributed by atoms with van der Waals surface area (Å²) >= 11 is 0. The number of halogens is 1. The standard InChI is InChI=1S/C23H25FN2O7/c1-22-9-16(21(29)32-12-31-7-6-30-3)23(2,33-22)18-17(22)19(27)26(20(18)28)15-5-4-13(11-25)14(8-15)10-24/h4-5,8,16-18H,6-7,9-10,12H2,1-3H3/t16-,17+,18-,22?,23?/m0/s1. The lowest BCUT2D eigenvalue weighted by Crippen LogP contribution is -2.49. The molecule has 0 spiro atoms. The van der Waals surface area contributed by atoms with E-state index in [1.54, 1.807) is 13.8 Å². The Morgan fingerprint density at radius 3 is 2.67 bits per heavy atom. The fourth-order valence-electron chi connectivity index (χ4n) is 5.47. The van der Waals surface area contributed by atoms with Crippen molar-refractivity contribution in [1.29, 1.82) is 5.26 Å². The number of carbonyl (C=O) groups excluding carboxylic acids is 3. The first-order valence-corrected chi connectivity index (χ1v) is 10.6. The molecular formula is C23H25FN2O7. The van der Waals surface area contributed by atoms with E-state index in [9.17, 15) is 18.8 Å². The van der Waals surface area contributed by atoms with Gasteiger partial charge in [0.2, 0.25) is 11.8 Å². The molecule has 0 radical (unpaired) electrons. The zero-order chi connectivity index (χ0) is 24.0. The van der Waals surface area contributed by atoms with Gasteiger partial charge in [-0.25, -0.2) is 9.29 Å². The predicted octanol–water partition coefficient (Wildman–Crippen LogP) is 1.86. The molecule has 33 heavy (non-hydrogen) atoms. The summed E-state index contributed by atoms with van der Waals surface area (Å²) in [5, 5.41) is 9.13. The monoisotopic (exact) mass is 460 g/mol. The highest BCUT2D eigenvalue weighted by molar-refractivity contribution is 6.23. The number of hydrogen-bond donors (Lipinski definition) is 0. The highest BCUT2D eigenvalue weighted by Crippen LogP contribution is 2.63. The maximum atomic E-state index is 13.5. The fourth-order valence-corrected chi connectivity index (χ4v) is 5.47. The van der Waals surface area contributed by atoms with Crippen LogP contribution in [-0.2, 0) is 40.0 Å². The van der Waals surface area contributed by atoms with E-state index >= 15 is 0 Å². The van der Waals surface area contributed by atoms with Gasteiger partial charge < -0.3 is 18.9 Å². The Morgan fingerprint density at radius 2 is 2.00 bits per heavy atom. The van der Waals surface area contributed by atoms with Gasteiger partial charge in [0, 0.05) is 12.7 Å². The number of ether oxygens (including phenoxy) is 4. The van der Waals surface area contributed by atoms with E-state index < -0.39 is 53.4 Å². The van der Waals surface area contributed by atoms with Gasteiger partial charge in [-0.3, -0.25) is 14.4 Å². The van der Waals surface area contributed by atoms with E-state index in [1.807, 2.05) is 6.07 Å². The Bertz CT molecular complexity index is 1040. The fraction of sp³-hybridized carbons (Fsp3) is 0.565. The highest BCUT2D eigenvalue weighted by atomic mass is 19.1. The van der Waals surface area contributed by atoms with Crippen molar-refractivity contribution >= 4 is 23.5 Å². The number of benzene rings is 1. The van der Waals surface area contributed by atoms with Gasteiger partial charge in [0.1, 0.15) is 6.67 Å². The Hall–Kier alpha value is -2.87. The smallest absolute Gasteiger partial charge is 0.314 e. The van der Waals surface area contributed by atoms with Crippen LogP contribution in [-0.4, -0.2) is 56.1 Å². The second-order valence-electron chi connectivity index (χ2n) is 8.89. The number of nitrogens with zero attached hydrogens (tertiary/aromatic N) is 2. The molecule has 4 rings (SSSR count). The molecule has 3 saturated heterocycles. The minimum absolute atomic E-state index is 0.0965. The number of methoxy groups -OCH3 is 1. The molecule has 2 unspecified atom stereocenters. The molecule has 0 aliphatic carbocycles. The van der Waals surface area contributed by atoms with Gasteiger partial charge in [-0.1, -0.05) is 0 Å². The first kappa shape index (κ1) is 23.3. The number of rotatable bonds is 8. The SMILES string of the molecule is COCCOCOC(=O)[C@@H]1CC2(C)OC1(C)[C@@H]1C(=O)N(c3ccc(C#N)c(CF)c3)C(=O)[C@@H]12. The van der Waals surface area contributed by atoms with E-state index in [0.717, 1.165) is 4.90 Å². The van der Waals surface area contributed by atoms with E-state index in [2.05, 4.69) is 0 Å². The lowest BCUT2D eigenvalue weighted by molar-refractivity contribution is -0.169. The van der Waals surface area contributed by atoms with Crippen LogP contribution < -0.4 is 4.90 Å². The molecular weight excluding hydrogens is 435 g/mol. The first-order chi connectivity index (χ1) is 15.7. The number of alkyl halides is 1. The molecule has 0 N–H and O–H groups in total. The van der Waals surface area contributed by atoms with E-state index in [4.69, 9.17) is 24.2 Å². The molecule has 176 valence electrons. The number of carbonyl (C=O) groups is 3. The van der Waals surface area contributed by atoms with Crippen molar-refractivity contribution in [2.24, 2.45) is 17.8 Å². The third-order valence-electron chi connectivity index (χ3n) is 6.95. The van der Waals surface area contributed by atoms with Crippen molar-refractivity contribution in [2.45, 2.75) is 38.1 Å². The average Bonchev–Trinajstić information content (AvgIpc) is 3.33. The van der Waals surface area contributed by atoms with Gasteiger partial charge in [0.25, 0.3) is 0 Å². The molecule has 3 aliphatic heterocycles. The van der Waals surface area contributed by atoms with Crippen molar-refractivity contribution in [3.8, 4) is 6.07 Å². The number of amides is 2. The minimum atomic E-state index is -1.24. The molecule has 3 aliphatic rings. The van der Waals surface area contributed by atoms with Crippen LogP contribution in [0.25, 0.3) is 0 Å². The number of nitriles is 1. The van der Waals surface area contributed by atoms with Gasteiger partial charge in [0.15, 0.2) is 6.79 Å². The lowest BCUT2D eigenvalue weighted by Gasteiger charge is -2.33. The number of imide groups is 1. The molecule has 3 fully saturated rings. The Kier molecular flexibility index (Phi) is 5.99. The Balaban J connectivity index is 1.58. The maximum absolute atomic E-state index is 13.5. The summed E-state index contributed by atoms with van der Waals surface area (Å²) in [6.45, 7) is 2.84. The molecule has 5 atom stereocenters. The van der Waals surface area contributed by atoms with Crippen LogP contribution in [0, 0.1) is 29.1 Å². The van der Waals surface area contributed by atoms with Crippen molar-refractivity contribution in [3.05, 3.63) is 29.3 Å². The Labute approximate surface area is 190 Å². The van der Waals surface area contributed by atoms with Crippen LogP contribution in [0.15, 0.2) is 18.2 Å². The number of fused-ring (bicyclic) bond motifs is 5. The topological polar surface area (TPSA) is 115 Å². The van der Waals surface area contributed by atoms with Gasteiger partial charge in [0.05, 0.1) is 59.5 Å². The van der Waals surface area contributed by atoms with Crippen LogP contribution in [0.5, 0.6) is 0 Å². The number of esters is 1. The van der Waals surface area contributed by atoms with Gasteiger partial charge in [-0.2, -0.15) is 5.26 Å². The summed E-state index contributed by atoms with van der Waals surface area (Å²) in [6, 6.07) is 6.07. The minimum Gasteiger partial charge on any atom is -0.438 e. The molecule has 1 aromatic carbocycles. The van der Waals surface area contributed by atoms with Gasteiger partial charge in [-0.15, -0.1) is 0 Å². The summed E-state index contributed by atoms with van der Waals surface area (Å²) in [5.74, 6) is -3.95. The maximum Gasteiger partial charge on any atom is 0.314 e. The second kappa shape index (κ2) is 8.48. The number of anilines is 1. The molecule has 2 bridgehead atoms. The van der Waals surface area contributed by atoms with E-state index in [-0.39, 0.29) is 36.6 Å². The number of hydrogen-bond acceptors (Lipinski definition) is 8. The van der Waals surface area contributed by atoms with Crippen LogP contribution in [0.1, 0.15) is 31.4 Å². The molecule has 2 amide bonds. The van der Waals surface area contributed by atoms with Crippen LogP contribution >= 0.6 is 0 Å². The molecule has 0 saturated carbocycles. The van der Waals surface area contributed by atoms with E-state index in [0.29, 0.717) is 6.61 Å². The molecule has 0 aromatic heterocycles. The zero-order valence-electron chi connectivity index (χ0n) is 18.6. The molecule has 3 heterocycles. The molecule has 9 nitrogen and oxygen atoms in total. The van der Waals surface area contributed by atoms with Crippen molar-refractivity contribution in [3.63, 3.8) is 0 Å². The van der Waals surface area contributed by atoms with Crippen LogP contribution in [0.2, 0.25) is 0 Å². The zero-order valence-corrected chi connectivity index (χ0v) is 18.6. The third kappa shape index (κ3) is 3.51. The quantitative estimate of drug-likeness (QED) is 0.250. The van der Waals surface area contributed by atoms with Gasteiger partial charge >= 0.3 is 5.97 Å². The average molecular weight is 460 g/mol. The van der Waals surface area contributed by atoms with Crippen molar-refractivity contribution in [2.75, 3.05) is 32.0 Å². The van der Waals surface area contributed by atoms with Crippen LogP contribution in [0.4, 0.5) is 10.1 Å². The summed E-state index contributed by atoms with van der Waals surface area (Å²) in [7, 11) is 1.53.